The van der Waals surface area contributed by atoms with Crippen LogP contribution in [0.3, 0.4) is 0 Å². The van der Waals surface area contributed by atoms with Gasteiger partial charge in [-0.2, -0.15) is 0 Å². The van der Waals surface area contributed by atoms with Crippen molar-refractivity contribution in [3.05, 3.63) is 70.8 Å². The Balaban J connectivity index is 1.86. The van der Waals surface area contributed by atoms with Gasteiger partial charge in [0.25, 0.3) is 5.91 Å². The van der Waals surface area contributed by atoms with E-state index in [2.05, 4.69) is 15.4 Å². The van der Waals surface area contributed by atoms with Crippen molar-refractivity contribution in [3.63, 3.8) is 0 Å². The van der Waals surface area contributed by atoms with Crippen LogP contribution in [0.1, 0.15) is 41.8 Å². The van der Waals surface area contributed by atoms with Gasteiger partial charge in [-0.05, 0) is 37.1 Å². The van der Waals surface area contributed by atoms with Crippen molar-refractivity contribution in [2.45, 2.75) is 38.6 Å². The minimum absolute atomic E-state index is 0.0458. The minimum Gasteiger partial charge on any atom is -0.352 e. The van der Waals surface area contributed by atoms with E-state index in [9.17, 15) is 26.8 Å². The summed E-state index contributed by atoms with van der Waals surface area (Å²) in [7, 11) is -3.52. The SMILES string of the molecule is CC(C)NS(=O)(=O)Cc1ccccc1CNC(=O)CCNC(=O)c1ccc(F)cc1F. The third kappa shape index (κ3) is 8.06. The maximum atomic E-state index is 13.6. The molecule has 2 aromatic carbocycles. The van der Waals surface area contributed by atoms with Crippen LogP contribution in [0.5, 0.6) is 0 Å². The molecule has 2 rings (SSSR count). The van der Waals surface area contributed by atoms with E-state index in [1.807, 2.05) is 0 Å². The van der Waals surface area contributed by atoms with Gasteiger partial charge in [0.1, 0.15) is 11.6 Å². The molecular formula is C21H25F2N3O4S. The molecule has 10 heteroatoms. The second kappa shape index (κ2) is 11.0. The van der Waals surface area contributed by atoms with Crippen LogP contribution in [0.2, 0.25) is 0 Å². The molecule has 0 unspecified atom stereocenters. The molecule has 0 spiro atoms. The van der Waals surface area contributed by atoms with E-state index in [1.54, 1.807) is 38.1 Å². The van der Waals surface area contributed by atoms with Crippen LogP contribution in [0.15, 0.2) is 42.5 Å². The Morgan fingerprint density at radius 3 is 2.32 bits per heavy atom. The van der Waals surface area contributed by atoms with E-state index in [0.717, 1.165) is 12.1 Å². The lowest BCUT2D eigenvalue weighted by Gasteiger charge is -2.13. The van der Waals surface area contributed by atoms with Crippen molar-refractivity contribution in [1.29, 1.82) is 0 Å². The van der Waals surface area contributed by atoms with Crippen molar-refractivity contribution < 1.29 is 26.8 Å². The fourth-order valence-electron chi connectivity index (χ4n) is 2.82. The monoisotopic (exact) mass is 453 g/mol. The second-order valence-corrected chi connectivity index (χ2v) is 8.96. The molecule has 0 aliphatic heterocycles. The molecule has 0 atom stereocenters. The maximum absolute atomic E-state index is 13.6. The number of benzene rings is 2. The van der Waals surface area contributed by atoms with Crippen LogP contribution < -0.4 is 15.4 Å². The molecular weight excluding hydrogens is 428 g/mol. The van der Waals surface area contributed by atoms with Crippen molar-refractivity contribution in [2.24, 2.45) is 0 Å². The smallest absolute Gasteiger partial charge is 0.254 e. The lowest BCUT2D eigenvalue weighted by atomic mass is 10.1. The maximum Gasteiger partial charge on any atom is 0.254 e. The second-order valence-electron chi connectivity index (χ2n) is 7.21. The van der Waals surface area contributed by atoms with E-state index < -0.39 is 27.6 Å². The van der Waals surface area contributed by atoms with Crippen LogP contribution in [-0.2, 0) is 27.1 Å². The largest absolute Gasteiger partial charge is 0.352 e. The number of hydrogen-bond acceptors (Lipinski definition) is 4. The zero-order valence-corrected chi connectivity index (χ0v) is 18.1. The van der Waals surface area contributed by atoms with Gasteiger partial charge in [0.05, 0.1) is 11.3 Å². The number of halogens is 2. The highest BCUT2D eigenvalue weighted by Crippen LogP contribution is 2.13. The molecule has 7 nitrogen and oxygen atoms in total. The predicted octanol–water partition coefficient (Wildman–Crippen LogP) is 2.23. The van der Waals surface area contributed by atoms with E-state index in [1.165, 1.54) is 0 Å². The van der Waals surface area contributed by atoms with E-state index in [4.69, 9.17) is 0 Å². The summed E-state index contributed by atoms with van der Waals surface area (Å²) >= 11 is 0. The first-order valence-electron chi connectivity index (χ1n) is 9.64. The average molecular weight is 454 g/mol. The molecule has 2 amide bonds. The van der Waals surface area contributed by atoms with Crippen LogP contribution >= 0.6 is 0 Å². The Kier molecular flexibility index (Phi) is 8.64. The summed E-state index contributed by atoms with van der Waals surface area (Å²) in [5, 5.41) is 5.07. The zero-order valence-electron chi connectivity index (χ0n) is 17.2. The van der Waals surface area contributed by atoms with E-state index >= 15 is 0 Å². The van der Waals surface area contributed by atoms with Crippen molar-refractivity contribution in [1.82, 2.24) is 15.4 Å². The summed E-state index contributed by atoms with van der Waals surface area (Å²) in [5.74, 6) is -3.12. The summed E-state index contributed by atoms with van der Waals surface area (Å²) < 4.78 is 53.4. The van der Waals surface area contributed by atoms with Crippen molar-refractivity contribution >= 4 is 21.8 Å². The Bertz CT molecular complexity index is 1040. The van der Waals surface area contributed by atoms with Crippen LogP contribution in [0.4, 0.5) is 8.78 Å². The summed E-state index contributed by atoms with van der Waals surface area (Å²) in [5.41, 5.74) is 0.908. The predicted molar refractivity (Wildman–Crippen MR) is 112 cm³/mol. The van der Waals surface area contributed by atoms with Gasteiger partial charge in [-0.15, -0.1) is 0 Å². The fraction of sp³-hybridized carbons (Fsp3) is 0.333. The highest BCUT2D eigenvalue weighted by Gasteiger charge is 2.16. The number of carbonyl (C=O) groups excluding carboxylic acids is 2. The Labute approximate surface area is 180 Å². The molecule has 168 valence electrons. The molecule has 0 heterocycles. The van der Waals surface area contributed by atoms with Gasteiger partial charge in [-0.25, -0.2) is 21.9 Å². The molecule has 0 aliphatic rings. The minimum atomic E-state index is -3.52. The van der Waals surface area contributed by atoms with Crippen LogP contribution in [0.25, 0.3) is 0 Å². The molecule has 0 bridgehead atoms. The van der Waals surface area contributed by atoms with Gasteiger partial charge < -0.3 is 10.6 Å². The van der Waals surface area contributed by atoms with Crippen LogP contribution in [0, 0.1) is 11.6 Å². The molecule has 2 aromatic rings. The third-order valence-corrected chi connectivity index (χ3v) is 5.69. The number of amides is 2. The van der Waals surface area contributed by atoms with Crippen molar-refractivity contribution in [2.75, 3.05) is 6.54 Å². The highest BCUT2D eigenvalue weighted by atomic mass is 32.2. The molecule has 0 aromatic heterocycles. The quantitative estimate of drug-likeness (QED) is 0.513. The Morgan fingerprint density at radius 2 is 1.68 bits per heavy atom. The molecule has 3 N–H and O–H groups in total. The average Bonchev–Trinajstić information content (AvgIpc) is 2.65. The standard InChI is InChI=1S/C21H25F2N3O4S/c1-14(2)26-31(29,30)13-16-6-4-3-5-15(16)12-25-20(27)9-10-24-21(28)18-8-7-17(22)11-19(18)23/h3-8,11,14,26H,9-10,12-13H2,1-2H3,(H,24,28)(H,25,27). The Hall–Kier alpha value is -2.85. The Morgan fingerprint density at radius 1 is 1.00 bits per heavy atom. The highest BCUT2D eigenvalue weighted by molar-refractivity contribution is 7.88. The summed E-state index contributed by atoms with van der Waals surface area (Å²) in [6, 6.07) is 9.24. The number of sulfonamides is 1. The van der Waals surface area contributed by atoms with Gasteiger partial charge in [0.2, 0.25) is 15.9 Å². The van der Waals surface area contributed by atoms with Crippen molar-refractivity contribution in [3.8, 4) is 0 Å². The number of nitrogens with one attached hydrogen (secondary N) is 3. The first-order chi connectivity index (χ1) is 14.6. The fourth-order valence-corrected chi connectivity index (χ4v) is 4.31. The molecule has 0 saturated heterocycles. The lowest BCUT2D eigenvalue weighted by Crippen LogP contribution is -2.32. The van der Waals surface area contributed by atoms with Gasteiger partial charge >= 0.3 is 0 Å². The molecule has 0 aliphatic carbocycles. The molecule has 0 radical (unpaired) electrons. The molecule has 0 fully saturated rings. The number of hydrogen-bond donors (Lipinski definition) is 3. The van der Waals surface area contributed by atoms with Gasteiger partial charge in [-0.3, -0.25) is 9.59 Å². The zero-order chi connectivity index (χ0) is 23.0. The van der Waals surface area contributed by atoms with E-state index in [-0.39, 0.29) is 42.8 Å². The first kappa shape index (κ1) is 24.4. The summed E-state index contributed by atoms with van der Waals surface area (Å²) in [6.07, 6.45) is -0.0656. The normalized spacial score (nSPS) is 11.4. The molecule has 0 saturated carbocycles. The third-order valence-electron chi connectivity index (χ3n) is 4.17. The van der Waals surface area contributed by atoms with E-state index in [0.29, 0.717) is 17.2 Å². The van der Waals surface area contributed by atoms with Gasteiger partial charge in [-0.1, -0.05) is 24.3 Å². The van der Waals surface area contributed by atoms with Gasteiger partial charge in [0.15, 0.2) is 0 Å². The lowest BCUT2D eigenvalue weighted by molar-refractivity contribution is -0.121. The number of carbonyl (C=O) groups is 2. The van der Waals surface area contributed by atoms with Crippen LogP contribution in [-0.4, -0.2) is 32.8 Å². The first-order valence-corrected chi connectivity index (χ1v) is 11.3. The topological polar surface area (TPSA) is 104 Å². The summed E-state index contributed by atoms with van der Waals surface area (Å²) in [6.45, 7) is 3.53. The van der Waals surface area contributed by atoms with Gasteiger partial charge in [0, 0.05) is 31.6 Å². The molecule has 31 heavy (non-hydrogen) atoms. The summed E-state index contributed by atoms with van der Waals surface area (Å²) in [4.78, 5) is 24.0. The number of rotatable bonds is 10.